The van der Waals surface area contributed by atoms with Crippen LogP contribution in [0.3, 0.4) is 0 Å². The number of pyridine rings is 1. The third-order valence-corrected chi connectivity index (χ3v) is 9.86. The zero-order valence-electron chi connectivity index (χ0n) is 20.6. The number of nitrogens with one attached hydrogen (secondary N) is 1. The second-order valence-electron chi connectivity index (χ2n) is 10.4. The number of nitrogens with zero attached hydrogens (tertiary/aromatic N) is 5. The van der Waals surface area contributed by atoms with E-state index in [0.29, 0.717) is 21.8 Å². The summed E-state index contributed by atoms with van der Waals surface area (Å²) in [5, 5.41) is 9.90. The number of hydrogen-bond acceptors (Lipinski definition) is 8. The van der Waals surface area contributed by atoms with Crippen molar-refractivity contribution >= 4 is 46.1 Å². The van der Waals surface area contributed by atoms with E-state index >= 15 is 0 Å². The van der Waals surface area contributed by atoms with Crippen molar-refractivity contribution in [2.45, 2.75) is 60.7 Å². The predicted octanol–water partition coefficient (Wildman–Crippen LogP) is 4.59. The van der Waals surface area contributed by atoms with Crippen LogP contribution >= 0.6 is 23.4 Å². The van der Waals surface area contributed by atoms with Crippen LogP contribution in [0.25, 0.3) is 0 Å². The predicted molar refractivity (Wildman–Crippen MR) is 145 cm³/mol. The SMILES string of the molecule is CC(C)(C)S(=O)N[C@@H]1c2ccccc2CC12CCN(c1ncc(Sc3cc(N)ncc3Cl)nn1)CC2. The number of halogens is 1. The van der Waals surface area contributed by atoms with Gasteiger partial charge in [-0.05, 0) is 62.6 Å². The molecule has 2 atom stereocenters. The molecule has 2 aromatic heterocycles. The van der Waals surface area contributed by atoms with E-state index in [2.05, 4.69) is 54.1 Å². The Bertz CT molecular complexity index is 1270. The molecule has 5 rings (SSSR count). The summed E-state index contributed by atoms with van der Waals surface area (Å²) in [7, 11) is -1.15. The topological polar surface area (TPSA) is 110 Å². The number of aromatic nitrogens is 4. The van der Waals surface area contributed by atoms with Gasteiger partial charge >= 0.3 is 0 Å². The van der Waals surface area contributed by atoms with E-state index < -0.39 is 11.0 Å². The van der Waals surface area contributed by atoms with Gasteiger partial charge < -0.3 is 10.6 Å². The number of piperidine rings is 1. The summed E-state index contributed by atoms with van der Waals surface area (Å²) >= 11 is 7.58. The summed E-state index contributed by atoms with van der Waals surface area (Å²) < 4.78 is 16.3. The molecule has 2 aliphatic rings. The van der Waals surface area contributed by atoms with Crippen molar-refractivity contribution in [1.29, 1.82) is 0 Å². The zero-order chi connectivity index (χ0) is 25.5. The Labute approximate surface area is 223 Å². The van der Waals surface area contributed by atoms with Gasteiger partial charge in [-0.1, -0.05) is 47.6 Å². The first kappa shape index (κ1) is 25.4. The largest absolute Gasteiger partial charge is 0.384 e. The standard InChI is InChI=1S/C25H30ClN7OS2/c1-24(2,3)36(34)32-22-17-7-5-4-6-16(17)13-25(22)8-10-33(11-9-25)23-29-15-21(30-31-23)35-19-12-20(27)28-14-18(19)26/h4-7,12,14-15,22,32H,8-11,13H2,1-3H3,(H2,27,28)/t22-,36?/m1/s1. The lowest BCUT2D eigenvalue weighted by Gasteiger charge is -2.43. The first-order valence-corrected chi connectivity index (χ1v) is 14.3. The highest BCUT2D eigenvalue weighted by atomic mass is 35.5. The zero-order valence-corrected chi connectivity index (χ0v) is 23.0. The summed E-state index contributed by atoms with van der Waals surface area (Å²) in [6.45, 7) is 7.66. The highest BCUT2D eigenvalue weighted by Crippen LogP contribution is 2.52. The van der Waals surface area contributed by atoms with Gasteiger partial charge in [0.1, 0.15) is 10.8 Å². The quantitative estimate of drug-likeness (QED) is 0.481. The van der Waals surface area contributed by atoms with E-state index in [1.807, 2.05) is 20.8 Å². The average Bonchev–Trinajstić information content (AvgIpc) is 3.14. The van der Waals surface area contributed by atoms with Gasteiger partial charge in [0.05, 0.1) is 33.0 Å². The second-order valence-corrected chi connectivity index (χ2v) is 13.9. The number of anilines is 2. The molecule has 1 aromatic carbocycles. The van der Waals surface area contributed by atoms with Crippen LogP contribution in [0.4, 0.5) is 11.8 Å². The Morgan fingerprint density at radius 3 is 2.61 bits per heavy atom. The molecule has 1 spiro atoms. The van der Waals surface area contributed by atoms with E-state index in [0.717, 1.165) is 37.2 Å². The minimum atomic E-state index is -1.15. The van der Waals surface area contributed by atoms with E-state index in [-0.39, 0.29) is 16.2 Å². The van der Waals surface area contributed by atoms with Crippen LogP contribution in [0.15, 0.2) is 52.6 Å². The van der Waals surface area contributed by atoms with Gasteiger partial charge in [0, 0.05) is 24.2 Å². The summed E-state index contributed by atoms with van der Waals surface area (Å²) in [5.74, 6) is 1.02. The molecule has 11 heteroatoms. The molecule has 0 amide bonds. The highest BCUT2D eigenvalue weighted by Gasteiger charge is 2.49. The molecule has 3 heterocycles. The van der Waals surface area contributed by atoms with E-state index in [4.69, 9.17) is 17.3 Å². The van der Waals surface area contributed by atoms with E-state index in [9.17, 15) is 4.21 Å². The minimum absolute atomic E-state index is 0.0162. The molecule has 0 bridgehead atoms. The van der Waals surface area contributed by atoms with Gasteiger partial charge in [-0.3, -0.25) is 0 Å². The highest BCUT2D eigenvalue weighted by molar-refractivity contribution is 7.99. The molecular weight excluding hydrogens is 514 g/mol. The Morgan fingerprint density at radius 2 is 1.92 bits per heavy atom. The lowest BCUT2D eigenvalue weighted by molar-refractivity contribution is 0.177. The van der Waals surface area contributed by atoms with E-state index in [1.54, 1.807) is 12.3 Å². The molecule has 0 radical (unpaired) electrons. The normalized spacial score (nSPS) is 19.9. The fourth-order valence-corrected chi connectivity index (χ4v) is 6.86. The van der Waals surface area contributed by atoms with Crippen molar-refractivity contribution in [3.63, 3.8) is 0 Å². The number of rotatable bonds is 5. The molecule has 36 heavy (non-hydrogen) atoms. The summed E-state index contributed by atoms with van der Waals surface area (Å²) in [6, 6.07) is 10.3. The van der Waals surface area contributed by atoms with Crippen molar-refractivity contribution in [3.8, 4) is 0 Å². The smallest absolute Gasteiger partial charge is 0.245 e. The molecule has 1 unspecified atom stereocenters. The van der Waals surface area contributed by atoms with Crippen molar-refractivity contribution in [3.05, 3.63) is 58.9 Å². The third-order valence-electron chi connectivity index (χ3n) is 6.93. The number of hydrogen-bond donors (Lipinski definition) is 2. The number of fused-ring (bicyclic) bond motifs is 1. The van der Waals surface area contributed by atoms with Gasteiger partial charge in [0.15, 0.2) is 0 Å². The van der Waals surface area contributed by atoms with Crippen LogP contribution in [0.1, 0.15) is 50.8 Å². The number of benzene rings is 1. The molecule has 0 saturated carbocycles. The molecule has 3 aromatic rings. The Morgan fingerprint density at radius 1 is 1.17 bits per heavy atom. The molecule has 8 nitrogen and oxygen atoms in total. The lowest BCUT2D eigenvalue weighted by Crippen LogP contribution is -2.48. The van der Waals surface area contributed by atoms with Crippen molar-refractivity contribution in [2.24, 2.45) is 5.41 Å². The minimum Gasteiger partial charge on any atom is -0.384 e. The van der Waals surface area contributed by atoms with Gasteiger partial charge in [-0.2, -0.15) is 0 Å². The number of nitrogen functional groups attached to an aromatic ring is 1. The van der Waals surface area contributed by atoms with Crippen molar-refractivity contribution in [1.82, 2.24) is 24.9 Å². The van der Waals surface area contributed by atoms with Crippen LogP contribution < -0.4 is 15.4 Å². The van der Waals surface area contributed by atoms with Crippen LogP contribution in [0.5, 0.6) is 0 Å². The molecule has 3 N–H and O–H groups in total. The van der Waals surface area contributed by atoms with E-state index in [1.165, 1.54) is 29.1 Å². The average molecular weight is 544 g/mol. The molecular formula is C25H30ClN7OS2. The van der Waals surface area contributed by atoms with Crippen molar-refractivity contribution < 1.29 is 4.21 Å². The summed E-state index contributed by atoms with van der Waals surface area (Å²) in [6.07, 6.45) is 6.13. The maximum atomic E-state index is 13.1. The maximum absolute atomic E-state index is 13.1. The van der Waals surface area contributed by atoms with Crippen LogP contribution in [0, 0.1) is 5.41 Å². The monoisotopic (exact) mass is 543 g/mol. The molecule has 1 aliphatic heterocycles. The Balaban J connectivity index is 1.29. The summed E-state index contributed by atoms with van der Waals surface area (Å²) in [5.41, 5.74) is 8.42. The maximum Gasteiger partial charge on any atom is 0.245 e. The first-order valence-electron chi connectivity index (χ1n) is 11.9. The van der Waals surface area contributed by atoms with Crippen LogP contribution in [0.2, 0.25) is 5.02 Å². The Kier molecular flexibility index (Phi) is 6.97. The molecule has 190 valence electrons. The second kappa shape index (κ2) is 9.89. The summed E-state index contributed by atoms with van der Waals surface area (Å²) in [4.78, 5) is 11.5. The fourth-order valence-electron chi connectivity index (χ4n) is 4.95. The number of nitrogens with two attached hydrogens (primary N) is 1. The van der Waals surface area contributed by atoms with Gasteiger partial charge in [0.25, 0.3) is 0 Å². The van der Waals surface area contributed by atoms with Gasteiger partial charge in [-0.25, -0.2) is 18.9 Å². The van der Waals surface area contributed by atoms with Gasteiger partial charge in [-0.15, -0.1) is 10.2 Å². The first-order chi connectivity index (χ1) is 17.1. The fraction of sp³-hybridized carbons (Fsp3) is 0.440. The third kappa shape index (κ3) is 5.09. The van der Waals surface area contributed by atoms with Crippen LogP contribution in [-0.4, -0.2) is 42.2 Å². The lowest BCUT2D eigenvalue weighted by atomic mass is 9.73. The molecule has 1 aliphatic carbocycles. The van der Waals surface area contributed by atoms with Crippen LogP contribution in [-0.2, 0) is 17.4 Å². The van der Waals surface area contributed by atoms with Crippen molar-refractivity contribution in [2.75, 3.05) is 23.7 Å². The molecule has 1 fully saturated rings. The Hall–Kier alpha value is -2.27. The van der Waals surface area contributed by atoms with Gasteiger partial charge in [0.2, 0.25) is 5.95 Å². The molecule has 1 saturated heterocycles.